The SMILES string of the molecule is COc1cccc(OC)c1Oc1cccc(F)c1[C@H](C)N. The second kappa shape index (κ2) is 6.45. The average molecular weight is 291 g/mol. The molecule has 0 saturated heterocycles. The van der Waals surface area contributed by atoms with Crippen LogP contribution in [0.4, 0.5) is 4.39 Å². The highest BCUT2D eigenvalue weighted by Crippen LogP contribution is 2.41. The molecule has 2 N–H and O–H groups in total. The Morgan fingerprint density at radius 3 is 2.00 bits per heavy atom. The largest absolute Gasteiger partial charge is 0.493 e. The molecule has 2 aromatic rings. The number of hydrogen-bond donors (Lipinski definition) is 1. The Hall–Kier alpha value is -2.27. The Kier molecular flexibility index (Phi) is 4.65. The van der Waals surface area contributed by atoms with Crippen LogP contribution in [0, 0.1) is 5.82 Å². The molecule has 4 nitrogen and oxygen atoms in total. The van der Waals surface area contributed by atoms with Crippen LogP contribution in [0.2, 0.25) is 0 Å². The second-order valence-corrected chi connectivity index (χ2v) is 4.53. The van der Waals surface area contributed by atoms with Crippen LogP contribution in [0.5, 0.6) is 23.0 Å². The van der Waals surface area contributed by atoms with Gasteiger partial charge in [-0.3, -0.25) is 0 Å². The van der Waals surface area contributed by atoms with Crippen LogP contribution < -0.4 is 19.9 Å². The minimum atomic E-state index is -0.498. The summed E-state index contributed by atoms with van der Waals surface area (Å²) in [7, 11) is 3.05. The zero-order chi connectivity index (χ0) is 15.4. The molecule has 0 heterocycles. The monoisotopic (exact) mass is 291 g/mol. The third-order valence-corrected chi connectivity index (χ3v) is 3.06. The van der Waals surface area contributed by atoms with E-state index in [1.165, 1.54) is 20.3 Å². The lowest BCUT2D eigenvalue weighted by molar-refractivity contribution is 0.343. The number of rotatable bonds is 5. The lowest BCUT2D eigenvalue weighted by Crippen LogP contribution is -2.09. The van der Waals surface area contributed by atoms with Gasteiger partial charge in [-0.25, -0.2) is 4.39 Å². The fraction of sp³-hybridized carbons (Fsp3) is 0.250. The van der Waals surface area contributed by atoms with Gasteiger partial charge in [-0.2, -0.15) is 0 Å². The third kappa shape index (κ3) is 3.08. The number of methoxy groups -OCH3 is 2. The van der Waals surface area contributed by atoms with E-state index in [1.807, 2.05) is 0 Å². The van der Waals surface area contributed by atoms with E-state index in [4.69, 9.17) is 19.9 Å². The van der Waals surface area contributed by atoms with E-state index in [-0.39, 0.29) is 0 Å². The quantitative estimate of drug-likeness (QED) is 0.913. The Morgan fingerprint density at radius 1 is 0.952 bits per heavy atom. The molecule has 0 radical (unpaired) electrons. The van der Waals surface area contributed by atoms with Crippen molar-refractivity contribution in [1.82, 2.24) is 0 Å². The second-order valence-electron chi connectivity index (χ2n) is 4.53. The van der Waals surface area contributed by atoms with E-state index >= 15 is 0 Å². The lowest BCUT2D eigenvalue weighted by Gasteiger charge is -2.17. The van der Waals surface area contributed by atoms with E-state index in [2.05, 4.69) is 0 Å². The standard InChI is InChI=1S/C16H18FNO3/c1-10(18)15-11(17)6-4-7-12(15)21-16-13(19-2)8-5-9-14(16)20-3/h4-10H,18H2,1-3H3/t10-/m0/s1. The van der Waals surface area contributed by atoms with Gasteiger partial charge in [-0.15, -0.1) is 0 Å². The summed E-state index contributed by atoms with van der Waals surface area (Å²) in [4.78, 5) is 0. The van der Waals surface area contributed by atoms with Crippen molar-refractivity contribution >= 4 is 0 Å². The van der Waals surface area contributed by atoms with Gasteiger partial charge in [0.15, 0.2) is 11.5 Å². The van der Waals surface area contributed by atoms with Gasteiger partial charge in [0.1, 0.15) is 11.6 Å². The summed E-state index contributed by atoms with van der Waals surface area (Å²) in [5, 5.41) is 0. The van der Waals surface area contributed by atoms with Gasteiger partial charge in [0.25, 0.3) is 0 Å². The van der Waals surface area contributed by atoms with Gasteiger partial charge in [-0.05, 0) is 31.2 Å². The zero-order valence-corrected chi connectivity index (χ0v) is 12.2. The summed E-state index contributed by atoms with van der Waals surface area (Å²) in [6.45, 7) is 1.70. The lowest BCUT2D eigenvalue weighted by atomic mass is 10.1. The number of nitrogens with two attached hydrogens (primary N) is 1. The topological polar surface area (TPSA) is 53.7 Å². The molecule has 0 amide bonds. The Labute approximate surface area is 123 Å². The molecule has 112 valence electrons. The first-order valence-electron chi connectivity index (χ1n) is 6.51. The maximum Gasteiger partial charge on any atom is 0.211 e. The minimum absolute atomic E-state index is 0.311. The van der Waals surface area contributed by atoms with Crippen molar-refractivity contribution in [1.29, 1.82) is 0 Å². The van der Waals surface area contributed by atoms with Crippen molar-refractivity contribution in [2.45, 2.75) is 13.0 Å². The summed E-state index contributed by atoms with van der Waals surface area (Å²) < 4.78 is 30.3. The first-order valence-corrected chi connectivity index (χ1v) is 6.51. The van der Waals surface area contributed by atoms with Crippen LogP contribution in [0.25, 0.3) is 0 Å². The molecule has 21 heavy (non-hydrogen) atoms. The maximum absolute atomic E-state index is 13.9. The number of para-hydroxylation sites is 1. The van der Waals surface area contributed by atoms with Crippen LogP contribution in [-0.2, 0) is 0 Å². The molecule has 2 aromatic carbocycles. The van der Waals surface area contributed by atoms with E-state index < -0.39 is 11.9 Å². The Balaban J connectivity index is 2.50. The van der Waals surface area contributed by atoms with Gasteiger partial charge in [-0.1, -0.05) is 12.1 Å². The van der Waals surface area contributed by atoms with Crippen LogP contribution in [0.3, 0.4) is 0 Å². The van der Waals surface area contributed by atoms with E-state index in [1.54, 1.807) is 37.3 Å². The number of ether oxygens (including phenoxy) is 3. The molecule has 1 atom stereocenters. The van der Waals surface area contributed by atoms with E-state index in [9.17, 15) is 4.39 Å². The predicted molar refractivity (Wildman–Crippen MR) is 78.6 cm³/mol. The van der Waals surface area contributed by atoms with Crippen LogP contribution in [0.15, 0.2) is 36.4 Å². The molecule has 0 aromatic heterocycles. The average Bonchev–Trinajstić information content (AvgIpc) is 2.47. The van der Waals surface area contributed by atoms with E-state index in [0.29, 0.717) is 28.6 Å². The highest BCUT2D eigenvalue weighted by molar-refractivity contribution is 5.54. The van der Waals surface area contributed by atoms with Gasteiger partial charge in [0.2, 0.25) is 5.75 Å². The molecular formula is C16H18FNO3. The molecule has 0 aliphatic rings. The first-order chi connectivity index (χ1) is 10.1. The van der Waals surface area contributed by atoms with Gasteiger partial charge in [0.05, 0.1) is 14.2 Å². The molecule has 0 fully saturated rings. The Morgan fingerprint density at radius 2 is 1.48 bits per heavy atom. The molecule has 0 unspecified atom stereocenters. The third-order valence-electron chi connectivity index (χ3n) is 3.06. The maximum atomic E-state index is 13.9. The summed E-state index contributed by atoms with van der Waals surface area (Å²) in [6.07, 6.45) is 0. The summed E-state index contributed by atoms with van der Waals surface area (Å²) >= 11 is 0. The van der Waals surface area contributed by atoms with Gasteiger partial charge >= 0.3 is 0 Å². The molecule has 2 rings (SSSR count). The molecule has 5 heteroatoms. The molecule has 0 aliphatic heterocycles. The molecule has 0 saturated carbocycles. The molecular weight excluding hydrogens is 273 g/mol. The van der Waals surface area contributed by atoms with Crippen molar-refractivity contribution in [3.05, 3.63) is 47.8 Å². The summed E-state index contributed by atoms with van der Waals surface area (Å²) in [5.41, 5.74) is 6.14. The molecule has 0 aliphatic carbocycles. The van der Waals surface area contributed by atoms with Gasteiger partial charge in [0, 0.05) is 11.6 Å². The summed E-state index contributed by atoms with van der Waals surface area (Å²) in [6, 6.07) is 9.34. The number of benzene rings is 2. The van der Waals surface area contributed by atoms with E-state index in [0.717, 1.165) is 0 Å². The van der Waals surface area contributed by atoms with Crippen molar-refractivity contribution < 1.29 is 18.6 Å². The molecule has 0 bridgehead atoms. The number of halogens is 1. The smallest absolute Gasteiger partial charge is 0.211 e. The van der Waals surface area contributed by atoms with Crippen molar-refractivity contribution in [2.24, 2.45) is 5.73 Å². The fourth-order valence-corrected chi connectivity index (χ4v) is 2.08. The van der Waals surface area contributed by atoms with Crippen molar-refractivity contribution in [2.75, 3.05) is 14.2 Å². The van der Waals surface area contributed by atoms with Crippen LogP contribution >= 0.6 is 0 Å². The van der Waals surface area contributed by atoms with Crippen molar-refractivity contribution in [3.63, 3.8) is 0 Å². The first kappa shape index (κ1) is 15.1. The van der Waals surface area contributed by atoms with Crippen LogP contribution in [-0.4, -0.2) is 14.2 Å². The minimum Gasteiger partial charge on any atom is -0.493 e. The predicted octanol–water partition coefficient (Wildman–Crippen LogP) is 3.65. The highest BCUT2D eigenvalue weighted by Gasteiger charge is 2.18. The van der Waals surface area contributed by atoms with Crippen LogP contribution in [0.1, 0.15) is 18.5 Å². The highest BCUT2D eigenvalue weighted by atomic mass is 19.1. The molecule has 0 spiro atoms. The van der Waals surface area contributed by atoms with Crippen molar-refractivity contribution in [3.8, 4) is 23.0 Å². The Bertz CT molecular complexity index is 607. The number of hydrogen-bond acceptors (Lipinski definition) is 4. The zero-order valence-electron chi connectivity index (χ0n) is 12.2. The normalized spacial score (nSPS) is 11.9. The van der Waals surface area contributed by atoms with Gasteiger partial charge < -0.3 is 19.9 Å². The fourth-order valence-electron chi connectivity index (χ4n) is 2.08. The summed E-state index contributed by atoms with van der Waals surface area (Å²) in [5.74, 6) is 1.31.